The first-order valence-corrected chi connectivity index (χ1v) is 6.63. The molecule has 1 amide bonds. The van der Waals surface area contributed by atoms with E-state index in [2.05, 4.69) is 0 Å². The largest absolute Gasteiger partial charge is 0.393 e. The van der Waals surface area contributed by atoms with E-state index in [9.17, 15) is 4.79 Å². The van der Waals surface area contributed by atoms with Gasteiger partial charge in [-0.2, -0.15) is 0 Å². The number of nitrogens with two attached hydrogens (primary N) is 1. The monoisotopic (exact) mass is 242 g/mol. The van der Waals surface area contributed by atoms with Crippen LogP contribution < -0.4 is 5.73 Å². The van der Waals surface area contributed by atoms with Crippen molar-refractivity contribution in [3.63, 3.8) is 0 Å². The van der Waals surface area contributed by atoms with Gasteiger partial charge in [0.2, 0.25) is 5.91 Å². The van der Waals surface area contributed by atoms with Crippen LogP contribution in [0, 0.1) is 0 Å². The zero-order chi connectivity index (χ0) is 12.0. The van der Waals surface area contributed by atoms with Crippen molar-refractivity contribution in [2.24, 2.45) is 5.73 Å². The van der Waals surface area contributed by atoms with Gasteiger partial charge in [0.05, 0.1) is 4.99 Å². The van der Waals surface area contributed by atoms with Gasteiger partial charge in [0.1, 0.15) is 0 Å². The first kappa shape index (κ1) is 13.4. The Morgan fingerprint density at radius 3 is 2.50 bits per heavy atom. The Kier molecular flexibility index (Phi) is 5.74. The van der Waals surface area contributed by atoms with Crippen LogP contribution in [0.3, 0.4) is 0 Å². The Morgan fingerprint density at radius 2 is 2.00 bits per heavy atom. The van der Waals surface area contributed by atoms with E-state index in [1.165, 1.54) is 12.8 Å². The van der Waals surface area contributed by atoms with Gasteiger partial charge < -0.3 is 10.6 Å². The zero-order valence-corrected chi connectivity index (χ0v) is 10.9. The highest BCUT2D eigenvalue weighted by Crippen LogP contribution is 2.24. The summed E-state index contributed by atoms with van der Waals surface area (Å²) in [6, 6.07) is 0.438. The van der Waals surface area contributed by atoms with Gasteiger partial charge in [-0.05, 0) is 19.3 Å². The molecule has 0 heterocycles. The number of thiocarbonyl (C=S) groups is 1. The quantitative estimate of drug-likeness (QED) is 0.727. The topological polar surface area (TPSA) is 46.3 Å². The van der Waals surface area contributed by atoms with E-state index in [1.54, 1.807) is 0 Å². The summed E-state index contributed by atoms with van der Waals surface area (Å²) in [5, 5.41) is 0. The van der Waals surface area contributed by atoms with Gasteiger partial charge in [-0.3, -0.25) is 4.79 Å². The SMILES string of the molecule is CCCC(=O)N(CCC(N)=S)C1CCCC1. The van der Waals surface area contributed by atoms with Crippen molar-refractivity contribution >= 4 is 23.1 Å². The second-order valence-electron chi connectivity index (χ2n) is 4.49. The molecule has 2 N–H and O–H groups in total. The van der Waals surface area contributed by atoms with Crippen molar-refractivity contribution in [2.75, 3.05) is 6.54 Å². The molecule has 4 heteroatoms. The third-order valence-corrected chi connectivity index (χ3v) is 3.35. The van der Waals surface area contributed by atoms with Crippen LogP contribution in [-0.2, 0) is 4.79 Å². The molecule has 1 fully saturated rings. The summed E-state index contributed by atoms with van der Waals surface area (Å²) in [7, 11) is 0. The molecule has 1 rings (SSSR count). The van der Waals surface area contributed by atoms with E-state index >= 15 is 0 Å². The van der Waals surface area contributed by atoms with Crippen LogP contribution >= 0.6 is 12.2 Å². The standard InChI is InChI=1S/C12H22N2OS/c1-2-5-12(15)14(9-8-11(13)16)10-6-3-4-7-10/h10H,2-9H2,1H3,(H2,13,16). The molecule has 0 aromatic heterocycles. The number of rotatable bonds is 6. The van der Waals surface area contributed by atoms with Gasteiger partial charge in [0.25, 0.3) is 0 Å². The lowest BCUT2D eigenvalue weighted by Crippen LogP contribution is -2.40. The van der Waals surface area contributed by atoms with Gasteiger partial charge in [0, 0.05) is 25.4 Å². The molecule has 92 valence electrons. The van der Waals surface area contributed by atoms with E-state index in [-0.39, 0.29) is 5.91 Å². The van der Waals surface area contributed by atoms with E-state index in [0.717, 1.165) is 19.3 Å². The summed E-state index contributed by atoms with van der Waals surface area (Å²) in [4.78, 5) is 14.5. The summed E-state index contributed by atoms with van der Waals surface area (Å²) < 4.78 is 0. The van der Waals surface area contributed by atoms with E-state index < -0.39 is 0 Å². The van der Waals surface area contributed by atoms with Crippen molar-refractivity contribution < 1.29 is 4.79 Å². The maximum Gasteiger partial charge on any atom is 0.222 e. The molecule has 1 aliphatic carbocycles. The predicted octanol–water partition coefficient (Wildman–Crippen LogP) is 2.23. The summed E-state index contributed by atoms with van der Waals surface area (Å²) in [5.41, 5.74) is 5.51. The number of amides is 1. The summed E-state index contributed by atoms with van der Waals surface area (Å²) >= 11 is 4.88. The highest BCUT2D eigenvalue weighted by Gasteiger charge is 2.25. The summed E-state index contributed by atoms with van der Waals surface area (Å²) in [5.74, 6) is 0.269. The summed E-state index contributed by atoms with van der Waals surface area (Å²) in [6.45, 7) is 2.75. The molecule has 0 radical (unpaired) electrons. The lowest BCUT2D eigenvalue weighted by atomic mass is 10.1. The third kappa shape index (κ3) is 4.08. The number of carbonyl (C=O) groups excluding carboxylic acids is 1. The minimum atomic E-state index is 0.269. The first-order valence-electron chi connectivity index (χ1n) is 6.23. The number of carbonyl (C=O) groups is 1. The molecule has 0 aromatic rings. The molecule has 0 aliphatic heterocycles. The molecule has 0 spiro atoms. The average Bonchev–Trinajstić information content (AvgIpc) is 2.71. The van der Waals surface area contributed by atoms with E-state index in [4.69, 9.17) is 18.0 Å². The van der Waals surface area contributed by atoms with Crippen LogP contribution in [0.15, 0.2) is 0 Å². The first-order chi connectivity index (χ1) is 7.65. The van der Waals surface area contributed by atoms with Crippen molar-refractivity contribution in [1.29, 1.82) is 0 Å². The molecule has 0 saturated heterocycles. The zero-order valence-electron chi connectivity index (χ0n) is 10.1. The summed E-state index contributed by atoms with van der Waals surface area (Å²) in [6.07, 6.45) is 6.99. The predicted molar refractivity (Wildman–Crippen MR) is 70.3 cm³/mol. The Morgan fingerprint density at radius 1 is 1.38 bits per heavy atom. The van der Waals surface area contributed by atoms with Gasteiger partial charge >= 0.3 is 0 Å². The number of hydrogen-bond acceptors (Lipinski definition) is 2. The molecule has 1 aliphatic rings. The van der Waals surface area contributed by atoms with Crippen molar-refractivity contribution in [3.05, 3.63) is 0 Å². The smallest absolute Gasteiger partial charge is 0.222 e. The van der Waals surface area contributed by atoms with Crippen LogP contribution in [0.2, 0.25) is 0 Å². The van der Waals surface area contributed by atoms with Gasteiger partial charge in [-0.15, -0.1) is 0 Å². The van der Waals surface area contributed by atoms with Crippen LogP contribution in [-0.4, -0.2) is 28.4 Å². The van der Waals surface area contributed by atoms with Crippen LogP contribution in [0.5, 0.6) is 0 Å². The molecule has 0 bridgehead atoms. The molecule has 0 atom stereocenters. The Labute approximate surface area is 103 Å². The third-order valence-electron chi connectivity index (χ3n) is 3.15. The van der Waals surface area contributed by atoms with Crippen molar-refractivity contribution in [3.8, 4) is 0 Å². The van der Waals surface area contributed by atoms with Gasteiger partial charge in [0.15, 0.2) is 0 Å². The molecule has 0 aromatic carbocycles. The second-order valence-corrected chi connectivity index (χ2v) is 5.02. The van der Waals surface area contributed by atoms with E-state index in [0.29, 0.717) is 30.4 Å². The fourth-order valence-corrected chi connectivity index (χ4v) is 2.41. The highest BCUT2D eigenvalue weighted by molar-refractivity contribution is 7.80. The fourth-order valence-electron chi connectivity index (χ4n) is 2.31. The van der Waals surface area contributed by atoms with Crippen LogP contribution in [0.1, 0.15) is 51.9 Å². The Hall–Kier alpha value is -0.640. The lowest BCUT2D eigenvalue weighted by Gasteiger charge is -2.29. The van der Waals surface area contributed by atoms with Crippen LogP contribution in [0.25, 0.3) is 0 Å². The second kappa shape index (κ2) is 6.84. The van der Waals surface area contributed by atoms with Crippen molar-refractivity contribution in [2.45, 2.75) is 57.9 Å². The maximum absolute atomic E-state index is 12.0. The highest BCUT2D eigenvalue weighted by atomic mass is 32.1. The number of nitrogens with zero attached hydrogens (tertiary/aromatic N) is 1. The molecule has 16 heavy (non-hydrogen) atoms. The lowest BCUT2D eigenvalue weighted by molar-refractivity contribution is -0.133. The molecular formula is C12H22N2OS. The van der Waals surface area contributed by atoms with Crippen molar-refractivity contribution in [1.82, 2.24) is 4.90 Å². The minimum Gasteiger partial charge on any atom is -0.393 e. The molecule has 0 unspecified atom stereocenters. The van der Waals surface area contributed by atoms with Gasteiger partial charge in [-0.25, -0.2) is 0 Å². The molecule has 1 saturated carbocycles. The molecular weight excluding hydrogens is 220 g/mol. The molecule has 3 nitrogen and oxygen atoms in total. The van der Waals surface area contributed by atoms with E-state index in [1.807, 2.05) is 11.8 Å². The Balaban J connectivity index is 2.52. The minimum absolute atomic E-state index is 0.269. The fraction of sp³-hybridized carbons (Fsp3) is 0.833. The normalized spacial score (nSPS) is 16.3. The maximum atomic E-state index is 12.0. The van der Waals surface area contributed by atoms with Crippen LogP contribution in [0.4, 0.5) is 0 Å². The number of hydrogen-bond donors (Lipinski definition) is 1. The Bertz CT molecular complexity index is 249. The average molecular weight is 242 g/mol. The van der Waals surface area contributed by atoms with Gasteiger partial charge in [-0.1, -0.05) is 32.0 Å².